The van der Waals surface area contributed by atoms with Gasteiger partial charge in [-0.3, -0.25) is 4.57 Å². The van der Waals surface area contributed by atoms with Crippen molar-refractivity contribution in [3.05, 3.63) is 74.0 Å². The van der Waals surface area contributed by atoms with Gasteiger partial charge in [-0.05, 0) is 62.4 Å². The van der Waals surface area contributed by atoms with Gasteiger partial charge in [-0.25, -0.2) is 14.2 Å². The SMILES string of the molecule is CC(C)n1c(=O)nc(Nc2ccc3c(c2)OCN3CC2CC2)n(Cc2ccc(Cl)cc2)c1=O. The normalized spacial score (nSPS) is 15.0. The van der Waals surface area contributed by atoms with E-state index in [1.165, 1.54) is 17.4 Å². The summed E-state index contributed by atoms with van der Waals surface area (Å²) in [5, 5.41) is 3.78. The number of benzene rings is 2. The van der Waals surface area contributed by atoms with Crippen molar-refractivity contribution in [1.29, 1.82) is 0 Å². The predicted octanol–water partition coefficient (Wildman–Crippen LogP) is 4.00. The maximum atomic E-state index is 13.2. The number of fused-ring (bicyclic) bond motifs is 1. The van der Waals surface area contributed by atoms with Crippen molar-refractivity contribution in [1.82, 2.24) is 14.1 Å². The number of ether oxygens (including phenoxy) is 1. The minimum atomic E-state index is -0.585. The van der Waals surface area contributed by atoms with Gasteiger partial charge in [0.25, 0.3) is 0 Å². The van der Waals surface area contributed by atoms with Gasteiger partial charge in [-0.2, -0.15) is 4.98 Å². The molecule has 0 bridgehead atoms. The largest absolute Gasteiger partial charge is 0.471 e. The maximum absolute atomic E-state index is 13.2. The summed E-state index contributed by atoms with van der Waals surface area (Å²) in [6.07, 6.45) is 2.56. The van der Waals surface area contributed by atoms with E-state index in [1.807, 2.05) is 30.3 Å². The standard InChI is InChI=1S/C24H26ClN5O3/c1-15(2)30-23(31)27-22(29(24(30)32)13-17-5-7-18(25)8-6-17)26-19-9-10-20-21(11-19)33-14-28(20)12-16-3-4-16/h5-11,15-16H,3-4,12-14H2,1-2H3,(H,26,27,31). The third kappa shape index (κ3) is 4.48. The second-order valence-corrected chi connectivity index (χ2v) is 9.36. The quantitative estimate of drug-likeness (QED) is 0.565. The molecule has 2 aromatic carbocycles. The lowest BCUT2D eigenvalue weighted by atomic mass is 10.2. The molecular weight excluding hydrogens is 442 g/mol. The van der Waals surface area contributed by atoms with Crippen LogP contribution in [0.5, 0.6) is 5.75 Å². The fourth-order valence-electron chi connectivity index (χ4n) is 4.04. The lowest BCUT2D eigenvalue weighted by Gasteiger charge is -2.18. The molecule has 5 rings (SSSR count). The summed E-state index contributed by atoms with van der Waals surface area (Å²) in [6.45, 7) is 5.37. The zero-order chi connectivity index (χ0) is 23.1. The van der Waals surface area contributed by atoms with Crippen LogP contribution in [0.2, 0.25) is 5.02 Å². The lowest BCUT2D eigenvalue weighted by Crippen LogP contribution is -2.43. The van der Waals surface area contributed by atoms with Gasteiger partial charge in [0, 0.05) is 29.4 Å². The van der Waals surface area contributed by atoms with Gasteiger partial charge in [0.2, 0.25) is 5.95 Å². The molecular formula is C24H26ClN5O3. The van der Waals surface area contributed by atoms with E-state index in [9.17, 15) is 9.59 Å². The van der Waals surface area contributed by atoms with E-state index in [4.69, 9.17) is 16.3 Å². The van der Waals surface area contributed by atoms with Crippen LogP contribution < -0.4 is 26.3 Å². The van der Waals surface area contributed by atoms with Crippen molar-refractivity contribution in [2.45, 2.75) is 39.3 Å². The van der Waals surface area contributed by atoms with E-state index in [0.29, 0.717) is 17.4 Å². The molecule has 0 unspecified atom stereocenters. The van der Waals surface area contributed by atoms with Crippen LogP contribution in [-0.4, -0.2) is 27.4 Å². The molecule has 0 amide bonds. The van der Waals surface area contributed by atoms with Crippen LogP contribution in [0.15, 0.2) is 52.1 Å². The number of rotatable bonds is 7. The summed E-state index contributed by atoms with van der Waals surface area (Å²) >= 11 is 6.01. The molecule has 1 aliphatic carbocycles. The van der Waals surface area contributed by atoms with Crippen molar-refractivity contribution >= 4 is 28.9 Å². The van der Waals surface area contributed by atoms with Crippen LogP contribution in [0.1, 0.15) is 38.3 Å². The molecule has 1 aliphatic heterocycles. The van der Waals surface area contributed by atoms with Crippen molar-refractivity contribution in [2.24, 2.45) is 5.92 Å². The van der Waals surface area contributed by atoms with E-state index >= 15 is 0 Å². The molecule has 9 heteroatoms. The smallest absolute Gasteiger partial charge is 0.355 e. The molecule has 1 saturated carbocycles. The summed E-state index contributed by atoms with van der Waals surface area (Å²) in [5.74, 6) is 1.73. The highest BCUT2D eigenvalue weighted by atomic mass is 35.5. The first kappa shape index (κ1) is 21.6. The Balaban J connectivity index is 1.49. The molecule has 33 heavy (non-hydrogen) atoms. The number of anilines is 3. The van der Waals surface area contributed by atoms with Crippen LogP contribution in [0.4, 0.5) is 17.3 Å². The second kappa shape index (κ2) is 8.59. The lowest BCUT2D eigenvalue weighted by molar-refractivity contribution is 0.345. The predicted molar refractivity (Wildman–Crippen MR) is 129 cm³/mol. The third-order valence-electron chi connectivity index (χ3n) is 5.98. The van der Waals surface area contributed by atoms with E-state index < -0.39 is 11.4 Å². The average molecular weight is 468 g/mol. The Bertz CT molecular complexity index is 1290. The molecule has 3 aromatic rings. The number of halogens is 1. The molecule has 1 fully saturated rings. The molecule has 0 spiro atoms. The molecule has 8 nitrogen and oxygen atoms in total. The average Bonchev–Trinajstić information content (AvgIpc) is 3.51. The van der Waals surface area contributed by atoms with E-state index in [2.05, 4.69) is 15.2 Å². The molecule has 172 valence electrons. The molecule has 2 heterocycles. The first-order valence-corrected chi connectivity index (χ1v) is 11.5. The molecule has 0 atom stereocenters. The minimum absolute atomic E-state index is 0.185. The van der Waals surface area contributed by atoms with Crippen molar-refractivity contribution in [2.75, 3.05) is 23.5 Å². The van der Waals surface area contributed by atoms with Gasteiger partial charge >= 0.3 is 11.4 Å². The summed E-state index contributed by atoms with van der Waals surface area (Å²) in [6, 6.07) is 12.7. The number of aromatic nitrogens is 3. The Morgan fingerprint density at radius 3 is 2.61 bits per heavy atom. The number of nitrogens with one attached hydrogen (secondary N) is 1. The Morgan fingerprint density at radius 2 is 1.91 bits per heavy atom. The van der Waals surface area contributed by atoms with Crippen molar-refractivity contribution < 1.29 is 4.74 Å². The molecule has 1 N–H and O–H groups in total. The Labute approximate surface area is 196 Å². The second-order valence-electron chi connectivity index (χ2n) is 8.92. The van der Waals surface area contributed by atoms with Crippen LogP contribution in [0.3, 0.4) is 0 Å². The van der Waals surface area contributed by atoms with Gasteiger partial charge in [0.15, 0.2) is 6.73 Å². The number of hydrogen-bond donors (Lipinski definition) is 1. The first-order chi connectivity index (χ1) is 15.9. The molecule has 0 saturated heterocycles. The third-order valence-corrected chi connectivity index (χ3v) is 6.23. The summed E-state index contributed by atoms with van der Waals surface area (Å²) < 4.78 is 8.50. The van der Waals surface area contributed by atoms with Gasteiger partial charge in [0.1, 0.15) is 5.75 Å². The van der Waals surface area contributed by atoms with E-state index in [1.54, 1.807) is 26.0 Å². The van der Waals surface area contributed by atoms with E-state index in [0.717, 1.165) is 34.0 Å². The molecule has 2 aliphatic rings. The fraction of sp³-hybridized carbons (Fsp3) is 0.375. The number of hydrogen-bond acceptors (Lipinski definition) is 6. The Hall–Kier alpha value is -3.26. The Kier molecular flexibility index (Phi) is 5.62. The highest BCUT2D eigenvalue weighted by Gasteiger charge is 2.29. The zero-order valence-corrected chi connectivity index (χ0v) is 19.4. The van der Waals surface area contributed by atoms with Gasteiger partial charge in [-0.1, -0.05) is 23.7 Å². The topological polar surface area (TPSA) is 81.4 Å². The van der Waals surface area contributed by atoms with Crippen LogP contribution in [0.25, 0.3) is 0 Å². The van der Waals surface area contributed by atoms with Crippen LogP contribution >= 0.6 is 11.6 Å². The van der Waals surface area contributed by atoms with Gasteiger partial charge in [-0.15, -0.1) is 0 Å². The Morgan fingerprint density at radius 1 is 1.15 bits per heavy atom. The highest BCUT2D eigenvalue weighted by Crippen LogP contribution is 2.39. The maximum Gasteiger partial charge on any atom is 0.355 e. The van der Waals surface area contributed by atoms with Crippen LogP contribution in [0, 0.1) is 5.92 Å². The highest BCUT2D eigenvalue weighted by molar-refractivity contribution is 6.30. The summed E-state index contributed by atoms with van der Waals surface area (Å²) in [5.41, 5.74) is 1.62. The van der Waals surface area contributed by atoms with Gasteiger partial charge in [0.05, 0.1) is 12.2 Å². The number of nitrogens with zero attached hydrogens (tertiary/aromatic N) is 4. The summed E-state index contributed by atoms with van der Waals surface area (Å²) in [4.78, 5) is 32.3. The first-order valence-electron chi connectivity index (χ1n) is 11.2. The van der Waals surface area contributed by atoms with Gasteiger partial charge < -0.3 is 15.0 Å². The fourth-order valence-corrected chi connectivity index (χ4v) is 4.16. The van der Waals surface area contributed by atoms with Crippen molar-refractivity contribution in [3.8, 4) is 5.75 Å². The van der Waals surface area contributed by atoms with Crippen LogP contribution in [-0.2, 0) is 6.54 Å². The minimum Gasteiger partial charge on any atom is -0.471 e. The molecule has 1 aromatic heterocycles. The monoisotopic (exact) mass is 467 g/mol. The molecule has 0 radical (unpaired) electrons. The summed E-state index contributed by atoms with van der Waals surface area (Å²) in [7, 11) is 0. The van der Waals surface area contributed by atoms with E-state index in [-0.39, 0.29) is 18.5 Å². The van der Waals surface area contributed by atoms with Crippen molar-refractivity contribution in [3.63, 3.8) is 0 Å². The zero-order valence-electron chi connectivity index (χ0n) is 18.6.